The van der Waals surface area contributed by atoms with Crippen molar-refractivity contribution in [2.24, 2.45) is 11.7 Å². The van der Waals surface area contributed by atoms with E-state index in [9.17, 15) is 9.50 Å². The van der Waals surface area contributed by atoms with E-state index < -0.39 is 0 Å². The first kappa shape index (κ1) is 14.4. The lowest BCUT2D eigenvalue weighted by atomic mass is 9.96. The van der Waals surface area contributed by atoms with E-state index in [1.165, 1.54) is 12.1 Å². The largest absolute Gasteiger partial charge is 0.393 e. The predicted octanol–water partition coefficient (Wildman–Crippen LogP) is 1.66. The van der Waals surface area contributed by atoms with Crippen LogP contribution in [0.2, 0.25) is 0 Å². The lowest BCUT2D eigenvalue weighted by molar-refractivity contribution is 0.0320. The Morgan fingerprint density at radius 2 is 2.32 bits per heavy atom. The molecule has 2 unspecified atom stereocenters. The maximum absolute atomic E-state index is 13.2. The average Bonchev–Trinajstić information content (AvgIpc) is 2.36. The standard InChI is InChI=1S/C14H19FN2OS/c1-9-7-17(5-4-13(9)18)8-10-2-3-11(15)6-12(10)14(16)19/h2-3,6,9,13,18H,4-5,7-8H2,1H3,(H2,16,19). The van der Waals surface area contributed by atoms with Gasteiger partial charge in [0, 0.05) is 25.2 Å². The Morgan fingerprint density at radius 1 is 1.58 bits per heavy atom. The molecule has 1 aromatic rings. The Balaban J connectivity index is 2.13. The third kappa shape index (κ3) is 3.49. The number of nitrogens with zero attached hydrogens (tertiary/aromatic N) is 1. The first-order chi connectivity index (χ1) is 8.97. The van der Waals surface area contributed by atoms with Crippen molar-refractivity contribution in [1.29, 1.82) is 0 Å². The first-order valence-electron chi connectivity index (χ1n) is 6.46. The van der Waals surface area contributed by atoms with Gasteiger partial charge in [-0.2, -0.15) is 0 Å². The van der Waals surface area contributed by atoms with Crippen LogP contribution in [0.15, 0.2) is 18.2 Å². The smallest absolute Gasteiger partial charge is 0.123 e. The summed E-state index contributed by atoms with van der Waals surface area (Å²) in [5, 5.41) is 9.72. The molecular formula is C14H19FN2OS. The second-order valence-corrected chi connectivity index (χ2v) is 5.67. The second kappa shape index (κ2) is 5.94. The first-order valence-corrected chi connectivity index (χ1v) is 6.87. The van der Waals surface area contributed by atoms with Gasteiger partial charge in [0.25, 0.3) is 0 Å². The highest BCUT2D eigenvalue weighted by atomic mass is 32.1. The lowest BCUT2D eigenvalue weighted by Gasteiger charge is -2.34. The number of benzene rings is 1. The highest BCUT2D eigenvalue weighted by Crippen LogP contribution is 2.20. The van der Waals surface area contributed by atoms with Crippen LogP contribution in [-0.2, 0) is 6.54 Å². The number of thiocarbonyl (C=S) groups is 1. The molecule has 0 radical (unpaired) electrons. The van der Waals surface area contributed by atoms with Crippen molar-refractivity contribution in [2.45, 2.75) is 26.0 Å². The van der Waals surface area contributed by atoms with Gasteiger partial charge in [0.05, 0.1) is 6.10 Å². The molecule has 0 bridgehead atoms. The van der Waals surface area contributed by atoms with Crippen LogP contribution in [0.4, 0.5) is 4.39 Å². The Labute approximate surface area is 118 Å². The molecule has 1 aliphatic rings. The van der Waals surface area contributed by atoms with Crippen LogP contribution in [-0.4, -0.2) is 34.2 Å². The van der Waals surface area contributed by atoms with Gasteiger partial charge in [-0.15, -0.1) is 0 Å². The van der Waals surface area contributed by atoms with Crippen LogP contribution < -0.4 is 5.73 Å². The minimum Gasteiger partial charge on any atom is -0.393 e. The van der Waals surface area contributed by atoms with Crippen LogP contribution in [0.25, 0.3) is 0 Å². The van der Waals surface area contributed by atoms with E-state index in [4.69, 9.17) is 18.0 Å². The van der Waals surface area contributed by atoms with Crippen LogP contribution in [0.5, 0.6) is 0 Å². The molecule has 0 amide bonds. The molecule has 0 aromatic heterocycles. The van der Waals surface area contributed by atoms with E-state index in [1.54, 1.807) is 6.07 Å². The molecule has 3 nitrogen and oxygen atoms in total. The molecule has 3 N–H and O–H groups in total. The zero-order valence-corrected chi connectivity index (χ0v) is 11.8. The average molecular weight is 282 g/mol. The maximum Gasteiger partial charge on any atom is 0.123 e. The Kier molecular flexibility index (Phi) is 4.50. The van der Waals surface area contributed by atoms with Crippen LogP contribution in [0.3, 0.4) is 0 Å². The molecule has 1 heterocycles. The van der Waals surface area contributed by atoms with Crippen molar-refractivity contribution in [3.05, 3.63) is 35.1 Å². The summed E-state index contributed by atoms with van der Waals surface area (Å²) < 4.78 is 13.2. The van der Waals surface area contributed by atoms with E-state index in [-0.39, 0.29) is 22.8 Å². The lowest BCUT2D eigenvalue weighted by Crippen LogP contribution is -2.41. The monoisotopic (exact) mass is 282 g/mol. The summed E-state index contributed by atoms with van der Waals surface area (Å²) in [5.41, 5.74) is 7.19. The summed E-state index contributed by atoms with van der Waals surface area (Å²) in [6.07, 6.45) is 0.546. The minimum atomic E-state index is -0.325. The third-order valence-electron chi connectivity index (χ3n) is 3.68. The van der Waals surface area contributed by atoms with Gasteiger partial charge in [0.15, 0.2) is 0 Å². The van der Waals surface area contributed by atoms with Crippen molar-refractivity contribution >= 4 is 17.2 Å². The van der Waals surface area contributed by atoms with Gasteiger partial charge in [0.1, 0.15) is 10.8 Å². The van der Waals surface area contributed by atoms with Crippen molar-refractivity contribution in [3.8, 4) is 0 Å². The fourth-order valence-electron chi connectivity index (χ4n) is 2.52. The normalized spacial score (nSPS) is 24.4. The summed E-state index contributed by atoms with van der Waals surface area (Å²) >= 11 is 4.97. The van der Waals surface area contributed by atoms with Gasteiger partial charge in [-0.25, -0.2) is 4.39 Å². The number of aliphatic hydroxyl groups excluding tert-OH is 1. The van der Waals surface area contributed by atoms with E-state index in [0.717, 1.165) is 25.1 Å². The van der Waals surface area contributed by atoms with Crippen molar-refractivity contribution < 1.29 is 9.50 Å². The second-order valence-electron chi connectivity index (χ2n) is 5.23. The quantitative estimate of drug-likeness (QED) is 0.828. The number of rotatable bonds is 3. The van der Waals surface area contributed by atoms with Crippen molar-refractivity contribution in [3.63, 3.8) is 0 Å². The molecule has 1 aromatic carbocycles. The summed E-state index contributed by atoms with van der Waals surface area (Å²) in [7, 11) is 0. The van der Waals surface area contributed by atoms with Gasteiger partial charge < -0.3 is 10.8 Å². The highest BCUT2D eigenvalue weighted by Gasteiger charge is 2.24. The number of nitrogens with two attached hydrogens (primary N) is 1. The zero-order valence-electron chi connectivity index (χ0n) is 11.0. The van der Waals surface area contributed by atoms with E-state index in [2.05, 4.69) is 4.90 Å². The summed E-state index contributed by atoms with van der Waals surface area (Å²) in [6, 6.07) is 4.55. The summed E-state index contributed by atoms with van der Waals surface area (Å²) in [5.74, 6) is -0.0727. The number of hydrogen-bond donors (Lipinski definition) is 2. The zero-order chi connectivity index (χ0) is 14.0. The van der Waals surface area contributed by atoms with Crippen LogP contribution in [0, 0.1) is 11.7 Å². The van der Waals surface area contributed by atoms with Gasteiger partial charge in [0.2, 0.25) is 0 Å². The maximum atomic E-state index is 13.2. The van der Waals surface area contributed by atoms with Crippen molar-refractivity contribution in [1.82, 2.24) is 4.90 Å². The van der Waals surface area contributed by atoms with Gasteiger partial charge in [-0.05, 0) is 30.0 Å². The SMILES string of the molecule is CC1CN(Cc2ccc(F)cc2C(N)=S)CCC1O. The van der Waals surface area contributed by atoms with Gasteiger partial charge in [-0.1, -0.05) is 25.2 Å². The highest BCUT2D eigenvalue weighted by molar-refractivity contribution is 7.80. The molecule has 0 spiro atoms. The summed E-state index contributed by atoms with van der Waals surface area (Å²) in [6.45, 7) is 4.38. The topological polar surface area (TPSA) is 49.5 Å². The van der Waals surface area contributed by atoms with Crippen LogP contribution in [0.1, 0.15) is 24.5 Å². The van der Waals surface area contributed by atoms with Crippen molar-refractivity contribution in [2.75, 3.05) is 13.1 Å². The number of hydrogen-bond acceptors (Lipinski definition) is 3. The Hall–Kier alpha value is -1.04. The molecule has 2 atom stereocenters. The van der Waals surface area contributed by atoms with E-state index in [1.807, 2.05) is 6.92 Å². The Bertz CT molecular complexity index is 481. The molecular weight excluding hydrogens is 263 g/mol. The van der Waals surface area contributed by atoms with E-state index >= 15 is 0 Å². The molecule has 1 aliphatic heterocycles. The molecule has 104 valence electrons. The minimum absolute atomic E-state index is 0.222. The fourth-order valence-corrected chi connectivity index (χ4v) is 2.71. The van der Waals surface area contributed by atoms with E-state index in [0.29, 0.717) is 12.1 Å². The number of halogens is 1. The molecule has 19 heavy (non-hydrogen) atoms. The van der Waals surface area contributed by atoms with Crippen LogP contribution >= 0.6 is 12.2 Å². The number of aliphatic hydroxyl groups is 1. The number of piperidine rings is 1. The third-order valence-corrected chi connectivity index (χ3v) is 3.90. The fraction of sp³-hybridized carbons (Fsp3) is 0.500. The molecule has 1 saturated heterocycles. The summed E-state index contributed by atoms with van der Waals surface area (Å²) in [4.78, 5) is 2.46. The van der Waals surface area contributed by atoms with Gasteiger partial charge in [-0.3, -0.25) is 4.90 Å². The molecule has 0 aliphatic carbocycles. The Morgan fingerprint density at radius 3 is 2.95 bits per heavy atom. The molecule has 1 fully saturated rings. The van der Waals surface area contributed by atoms with Gasteiger partial charge >= 0.3 is 0 Å². The molecule has 2 rings (SSSR count). The predicted molar refractivity (Wildman–Crippen MR) is 77.4 cm³/mol. The molecule has 5 heteroatoms. The number of likely N-dealkylation sites (tertiary alicyclic amines) is 1. The molecule has 0 saturated carbocycles.